The van der Waals surface area contributed by atoms with Gasteiger partial charge in [-0.15, -0.1) is 0 Å². The third-order valence-electron chi connectivity index (χ3n) is 5.75. The summed E-state index contributed by atoms with van der Waals surface area (Å²) in [5.41, 5.74) is 4.24. The van der Waals surface area contributed by atoms with Crippen molar-refractivity contribution in [2.45, 2.75) is 49.5 Å². The summed E-state index contributed by atoms with van der Waals surface area (Å²) in [7, 11) is -4.51. The average molecular weight is 551 g/mol. The van der Waals surface area contributed by atoms with Crippen molar-refractivity contribution in [2.24, 2.45) is 11.1 Å². The van der Waals surface area contributed by atoms with Gasteiger partial charge in [0.05, 0.1) is 4.90 Å². The first-order valence-corrected chi connectivity index (χ1v) is 12.5. The molecular formula is C22H23ClF4N4O4S. The van der Waals surface area contributed by atoms with Crippen molar-refractivity contribution in [1.82, 2.24) is 14.4 Å². The molecule has 2 aromatic rings. The van der Waals surface area contributed by atoms with Gasteiger partial charge in [-0.1, -0.05) is 35.8 Å². The molecule has 3 rings (SSSR count). The first kappa shape index (κ1) is 27.8. The number of alkyl halides is 4. The summed E-state index contributed by atoms with van der Waals surface area (Å²) >= 11 is 5.85. The fourth-order valence-electron chi connectivity index (χ4n) is 3.73. The highest BCUT2D eigenvalue weighted by molar-refractivity contribution is 7.89. The van der Waals surface area contributed by atoms with E-state index >= 15 is 4.39 Å². The summed E-state index contributed by atoms with van der Waals surface area (Å²) in [4.78, 5) is 15.9. The number of rotatable bonds is 10. The number of sulfonamides is 1. The number of aromatic nitrogens is 2. The maximum absolute atomic E-state index is 15.4. The second-order valence-electron chi connectivity index (χ2n) is 8.55. The zero-order valence-corrected chi connectivity index (χ0v) is 20.5. The van der Waals surface area contributed by atoms with Gasteiger partial charge in [-0.3, -0.25) is 4.79 Å². The smallest absolute Gasteiger partial charge is 0.368 e. The molecule has 0 aliphatic heterocycles. The minimum atomic E-state index is -4.51. The number of hydrogen-bond donors (Lipinski definition) is 1. The molecule has 36 heavy (non-hydrogen) atoms. The molecule has 0 bridgehead atoms. The number of halogens is 5. The topological polar surface area (TPSA) is 119 Å². The SMILES string of the molecule is CC1(CN(C(CCCC(F)(F)F)C(N)=O)S(=O)(=O)c2ccc(Cl)cc2)C=CC(c2ncon2)=CC1F. The molecular weight excluding hydrogens is 528 g/mol. The van der Waals surface area contributed by atoms with E-state index in [4.69, 9.17) is 17.3 Å². The lowest BCUT2D eigenvalue weighted by Gasteiger charge is -2.38. The van der Waals surface area contributed by atoms with Crippen LogP contribution in [0.5, 0.6) is 0 Å². The van der Waals surface area contributed by atoms with Gasteiger partial charge in [-0.25, -0.2) is 12.8 Å². The Hall–Kier alpha value is -2.77. The third-order valence-corrected chi connectivity index (χ3v) is 7.87. The maximum Gasteiger partial charge on any atom is 0.389 e. The molecule has 0 saturated heterocycles. The minimum absolute atomic E-state index is 0.115. The molecule has 8 nitrogen and oxygen atoms in total. The maximum atomic E-state index is 15.4. The van der Waals surface area contributed by atoms with Crippen molar-refractivity contribution in [2.75, 3.05) is 6.54 Å². The number of nitrogens with zero attached hydrogens (tertiary/aromatic N) is 3. The Morgan fingerprint density at radius 2 is 1.97 bits per heavy atom. The van der Waals surface area contributed by atoms with Crippen molar-refractivity contribution >= 4 is 33.1 Å². The molecule has 1 aromatic heterocycles. The van der Waals surface area contributed by atoms with Crippen LogP contribution >= 0.6 is 11.6 Å². The molecule has 3 unspecified atom stereocenters. The lowest BCUT2D eigenvalue weighted by Crippen LogP contribution is -2.53. The van der Waals surface area contributed by atoms with Gasteiger partial charge in [0, 0.05) is 29.0 Å². The third kappa shape index (κ3) is 6.51. The zero-order chi connectivity index (χ0) is 26.7. The highest BCUT2D eigenvalue weighted by Crippen LogP contribution is 2.38. The molecule has 3 atom stereocenters. The summed E-state index contributed by atoms with van der Waals surface area (Å²) in [6.07, 6.45) is -3.52. The predicted octanol–water partition coefficient (Wildman–Crippen LogP) is 4.30. The van der Waals surface area contributed by atoms with E-state index in [-0.39, 0.29) is 21.3 Å². The summed E-state index contributed by atoms with van der Waals surface area (Å²) in [5.74, 6) is -1.04. The Kier molecular flexibility index (Phi) is 8.26. The van der Waals surface area contributed by atoms with Crippen LogP contribution in [0, 0.1) is 5.41 Å². The summed E-state index contributed by atoms with van der Waals surface area (Å²) in [5, 5.41) is 3.87. The van der Waals surface area contributed by atoms with Gasteiger partial charge in [0.15, 0.2) is 0 Å². The average Bonchev–Trinajstić information content (AvgIpc) is 3.32. The first-order valence-electron chi connectivity index (χ1n) is 10.7. The highest BCUT2D eigenvalue weighted by Gasteiger charge is 2.43. The second kappa shape index (κ2) is 10.7. The van der Waals surface area contributed by atoms with Gasteiger partial charge >= 0.3 is 6.18 Å². The molecule has 0 saturated carbocycles. The van der Waals surface area contributed by atoms with E-state index in [1.165, 1.54) is 49.4 Å². The molecule has 0 radical (unpaired) electrons. The van der Waals surface area contributed by atoms with E-state index < -0.39 is 65.5 Å². The van der Waals surface area contributed by atoms with Crippen LogP contribution in [0.4, 0.5) is 17.6 Å². The molecule has 1 amide bonds. The van der Waals surface area contributed by atoms with Crippen LogP contribution in [-0.4, -0.2) is 53.7 Å². The van der Waals surface area contributed by atoms with Crippen molar-refractivity contribution in [1.29, 1.82) is 0 Å². The number of nitrogens with two attached hydrogens (primary N) is 1. The normalized spacial score (nSPS) is 21.4. The van der Waals surface area contributed by atoms with Gasteiger partial charge < -0.3 is 10.3 Å². The molecule has 0 spiro atoms. The fourth-order valence-corrected chi connectivity index (χ4v) is 5.60. The second-order valence-corrected chi connectivity index (χ2v) is 10.9. The lowest BCUT2D eigenvalue weighted by molar-refractivity contribution is -0.137. The first-order chi connectivity index (χ1) is 16.7. The fraction of sp³-hybridized carbons (Fsp3) is 0.409. The molecule has 1 aliphatic carbocycles. The molecule has 14 heteroatoms. The van der Waals surface area contributed by atoms with Gasteiger partial charge in [-0.05, 0) is 43.2 Å². The van der Waals surface area contributed by atoms with Crippen LogP contribution in [0.25, 0.3) is 5.57 Å². The zero-order valence-electron chi connectivity index (χ0n) is 19.0. The van der Waals surface area contributed by atoms with Crippen molar-refractivity contribution in [3.05, 3.63) is 59.7 Å². The van der Waals surface area contributed by atoms with Crippen LogP contribution in [-0.2, 0) is 14.8 Å². The highest BCUT2D eigenvalue weighted by atomic mass is 35.5. The number of primary amides is 1. The Bertz CT molecular complexity index is 1230. The number of carbonyl (C=O) groups is 1. The number of benzene rings is 1. The molecule has 196 valence electrons. The van der Waals surface area contributed by atoms with E-state index in [1.807, 2.05) is 0 Å². The minimum Gasteiger partial charge on any atom is -0.368 e. The summed E-state index contributed by atoms with van der Waals surface area (Å²) in [6, 6.07) is 3.30. The van der Waals surface area contributed by atoms with E-state index in [2.05, 4.69) is 14.7 Å². The lowest BCUT2D eigenvalue weighted by atomic mass is 9.79. The Balaban J connectivity index is 1.98. The Labute approximate surface area is 209 Å². The van der Waals surface area contributed by atoms with Crippen LogP contribution in [0.3, 0.4) is 0 Å². The Morgan fingerprint density at radius 1 is 1.31 bits per heavy atom. The van der Waals surface area contributed by atoms with Crippen molar-refractivity contribution < 1.29 is 35.3 Å². The summed E-state index contributed by atoms with van der Waals surface area (Å²) in [6.45, 7) is 0.821. The van der Waals surface area contributed by atoms with Crippen LogP contribution in [0.15, 0.2) is 58.3 Å². The van der Waals surface area contributed by atoms with Gasteiger partial charge in [0.1, 0.15) is 12.2 Å². The molecule has 1 aliphatic rings. The van der Waals surface area contributed by atoms with Crippen LogP contribution in [0.2, 0.25) is 5.02 Å². The monoisotopic (exact) mass is 550 g/mol. The van der Waals surface area contributed by atoms with Gasteiger partial charge in [0.25, 0.3) is 0 Å². The standard InChI is InChI=1S/C22H23ClF4N4O4S/c1-21(10-8-14(11-18(21)24)20-29-13-35-30-20)12-31(17(19(28)32)3-2-9-22(25,26)27)36(33,34)16-6-4-15(23)5-7-16/h4-8,10-11,13,17-18H,2-3,9,12H2,1H3,(H2,28,32). The number of allylic oxidation sites excluding steroid dienone is 3. The predicted molar refractivity (Wildman–Crippen MR) is 123 cm³/mol. The largest absolute Gasteiger partial charge is 0.389 e. The van der Waals surface area contributed by atoms with Crippen LogP contribution in [0.1, 0.15) is 32.0 Å². The van der Waals surface area contributed by atoms with Gasteiger partial charge in [0.2, 0.25) is 28.1 Å². The van der Waals surface area contributed by atoms with Crippen molar-refractivity contribution in [3.8, 4) is 0 Å². The van der Waals surface area contributed by atoms with E-state index in [0.29, 0.717) is 4.31 Å². The van der Waals surface area contributed by atoms with Crippen LogP contribution < -0.4 is 5.73 Å². The van der Waals surface area contributed by atoms with Crippen molar-refractivity contribution in [3.63, 3.8) is 0 Å². The number of carbonyl (C=O) groups excluding carboxylic acids is 1. The number of amides is 1. The van der Waals surface area contributed by atoms with E-state index in [0.717, 1.165) is 6.39 Å². The van der Waals surface area contributed by atoms with Gasteiger partial charge in [-0.2, -0.15) is 22.5 Å². The number of hydrogen-bond acceptors (Lipinski definition) is 6. The summed E-state index contributed by atoms with van der Waals surface area (Å²) < 4.78 is 86.1. The quantitative estimate of drug-likeness (QED) is 0.441. The molecule has 2 N–H and O–H groups in total. The molecule has 1 heterocycles. The van der Waals surface area contributed by atoms with E-state index in [9.17, 15) is 26.4 Å². The molecule has 1 aromatic carbocycles. The van der Waals surface area contributed by atoms with E-state index in [1.54, 1.807) is 0 Å². The molecule has 0 fully saturated rings. The Morgan fingerprint density at radius 3 is 2.50 bits per heavy atom.